The van der Waals surface area contributed by atoms with E-state index in [0.717, 1.165) is 6.42 Å². The van der Waals surface area contributed by atoms with Gasteiger partial charge in [0.1, 0.15) is 18.3 Å². The number of rotatable bonds is 7. The molecule has 2 fully saturated rings. The smallest absolute Gasteiger partial charge is 0.163 e. The summed E-state index contributed by atoms with van der Waals surface area (Å²) in [7, 11) is 0. The summed E-state index contributed by atoms with van der Waals surface area (Å²) in [5, 5.41) is 10.4. The molecule has 2 rings (SSSR count). The number of aliphatic hydroxyl groups is 1. The lowest BCUT2D eigenvalue weighted by Gasteiger charge is -2.37. The highest BCUT2D eigenvalue weighted by molar-refractivity contribution is 5.05. The molecule has 132 valence electrons. The second-order valence-electron chi connectivity index (χ2n) is 7.07. The average molecular weight is 324 g/mol. The van der Waals surface area contributed by atoms with E-state index >= 15 is 0 Å². The van der Waals surface area contributed by atoms with Crippen molar-refractivity contribution in [3.8, 4) is 11.8 Å². The second kappa shape index (κ2) is 9.03. The highest BCUT2D eigenvalue weighted by Crippen LogP contribution is 2.34. The Bertz CT molecular complexity index is 409. The molecule has 0 aromatic rings. The quantitative estimate of drug-likeness (QED) is 0.576. The molecule has 0 aliphatic carbocycles. The van der Waals surface area contributed by atoms with Gasteiger partial charge in [0.2, 0.25) is 0 Å². The molecule has 0 spiro atoms. The third-order valence-corrected chi connectivity index (χ3v) is 4.53. The van der Waals surface area contributed by atoms with Gasteiger partial charge in [-0.2, -0.15) is 0 Å². The Balaban J connectivity index is 1.64. The van der Waals surface area contributed by atoms with Crippen LogP contribution in [0.4, 0.5) is 0 Å². The fourth-order valence-corrected chi connectivity index (χ4v) is 3.16. The first kappa shape index (κ1) is 18.7. The van der Waals surface area contributed by atoms with Gasteiger partial charge in [-0.05, 0) is 20.3 Å². The van der Waals surface area contributed by atoms with Crippen LogP contribution in [-0.4, -0.2) is 41.9 Å². The molecule has 2 heterocycles. The van der Waals surface area contributed by atoms with Crippen molar-refractivity contribution in [3.05, 3.63) is 0 Å². The molecule has 0 unspecified atom stereocenters. The van der Waals surface area contributed by atoms with E-state index in [1.54, 1.807) is 0 Å². The van der Waals surface area contributed by atoms with E-state index in [2.05, 4.69) is 18.8 Å². The second-order valence-corrected chi connectivity index (χ2v) is 7.07. The van der Waals surface area contributed by atoms with Crippen molar-refractivity contribution >= 4 is 0 Å². The maximum atomic E-state index is 10.4. The van der Waals surface area contributed by atoms with Crippen molar-refractivity contribution in [1.29, 1.82) is 0 Å². The molecule has 4 atom stereocenters. The zero-order chi connectivity index (χ0) is 16.7. The summed E-state index contributed by atoms with van der Waals surface area (Å²) in [4.78, 5) is 0. The summed E-state index contributed by atoms with van der Waals surface area (Å²) in [6.07, 6.45) is 7.86. The minimum absolute atomic E-state index is 0.177. The lowest BCUT2D eigenvalue weighted by Crippen LogP contribution is -2.50. The molecule has 0 saturated carbocycles. The zero-order valence-corrected chi connectivity index (χ0v) is 14.8. The molecule has 1 N–H and O–H groups in total. The lowest BCUT2D eigenvalue weighted by molar-refractivity contribution is -0.300. The maximum Gasteiger partial charge on any atom is 0.163 e. The summed E-state index contributed by atoms with van der Waals surface area (Å²) >= 11 is 0. The van der Waals surface area contributed by atoms with Gasteiger partial charge in [-0.15, -0.1) is 11.8 Å². The third-order valence-electron chi connectivity index (χ3n) is 4.53. The number of unbranched alkanes of at least 4 members (excludes halogenated alkanes) is 6. The van der Waals surface area contributed by atoms with E-state index in [9.17, 15) is 5.11 Å². The first-order valence-corrected chi connectivity index (χ1v) is 9.14. The largest absolute Gasteiger partial charge is 0.388 e. The van der Waals surface area contributed by atoms with Crippen molar-refractivity contribution in [3.63, 3.8) is 0 Å². The van der Waals surface area contributed by atoms with Crippen LogP contribution in [0.2, 0.25) is 0 Å². The summed E-state index contributed by atoms with van der Waals surface area (Å²) < 4.78 is 17.2. The number of hydrogen-bond acceptors (Lipinski definition) is 4. The van der Waals surface area contributed by atoms with Crippen LogP contribution >= 0.6 is 0 Å². The number of hydrogen-bond donors (Lipinski definition) is 1. The molecule has 2 saturated heterocycles. The molecule has 4 nitrogen and oxygen atoms in total. The predicted molar refractivity (Wildman–Crippen MR) is 90.0 cm³/mol. The Hall–Kier alpha value is -0.600. The fraction of sp³-hybridized carbons (Fsp3) is 0.895. The minimum Gasteiger partial charge on any atom is -0.388 e. The van der Waals surface area contributed by atoms with Crippen LogP contribution < -0.4 is 0 Å². The molecule has 2 aliphatic rings. The fourth-order valence-electron chi connectivity index (χ4n) is 3.16. The van der Waals surface area contributed by atoms with Gasteiger partial charge >= 0.3 is 0 Å². The van der Waals surface area contributed by atoms with Crippen molar-refractivity contribution in [1.82, 2.24) is 0 Å². The summed E-state index contributed by atoms with van der Waals surface area (Å²) in [5.41, 5.74) is 0. The van der Waals surface area contributed by atoms with Crippen LogP contribution in [0.15, 0.2) is 0 Å². The monoisotopic (exact) mass is 324 g/mol. The van der Waals surface area contributed by atoms with Crippen molar-refractivity contribution in [2.24, 2.45) is 0 Å². The number of ether oxygens (including phenoxy) is 3. The van der Waals surface area contributed by atoms with Crippen molar-refractivity contribution in [2.45, 2.75) is 102 Å². The van der Waals surface area contributed by atoms with Gasteiger partial charge in [0.05, 0.1) is 12.7 Å². The number of fused-ring (bicyclic) bond motifs is 1. The van der Waals surface area contributed by atoms with E-state index in [4.69, 9.17) is 14.2 Å². The SMILES string of the molecule is CCCCCCCCC#CC[C@@H]1O[C@H]2COC(C)(C)O[C@H]2[C@@H]1O. The van der Waals surface area contributed by atoms with Crippen LogP contribution in [0.25, 0.3) is 0 Å². The molecule has 0 radical (unpaired) electrons. The van der Waals surface area contributed by atoms with E-state index in [1.165, 1.54) is 38.5 Å². The molecular weight excluding hydrogens is 292 g/mol. The molecule has 2 aliphatic heterocycles. The summed E-state index contributed by atoms with van der Waals surface area (Å²) in [6.45, 7) is 6.43. The molecule has 0 aromatic heterocycles. The molecule has 0 bridgehead atoms. The molecule has 0 aromatic carbocycles. The number of aliphatic hydroxyl groups excluding tert-OH is 1. The standard InChI is InChI=1S/C19H32O4/c1-4-5-6-7-8-9-10-11-12-13-15-17(20)18-16(22-15)14-21-19(2,3)23-18/h15-18,20H,4-10,13-14H2,1-3H3/t15-,16-,17+,18+/m0/s1. The Kier molecular flexibility index (Phi) is 7.36. The van der Waals surface area contributed by atoms with Gasteiger partial charge in [-0.1, -0.05) is 39.0 Å². The minimum atomic E-state index is -0.649. The molecule has 23 heavy (non-hydrogen) atoms. The maximum absolute atomic E-state index is 10.4. The van der Waals surface area contributed by atoms with Gasteiger partial charge in [-0.25, -0.2) is 0 Å². The first-order valence-electron chi connectivity index (χ1n) is 9.14. The van der Waals surface area contributed by atoms with Crippen LogP contribution in [0.5, 0.6) is 0 Å². The van der Waals surface area contributed by atoms with E-state index in [-0.39, 0.29) is 18.3 Å². The Morgan fingerprint density at radius 2 is 1.83 bits per heavy atom. The lowest BCUT2D eigenvalue weighted by atomic mass is 10.0. The van der Waals surface area contributed by atoms with Gasteiger partial charge < -0.3 is 19.3 Å². The van der Waals surface area contributed by atoms with Gasteiger partial charge in [-0.3, -0.25) is 0 Å². The van der Waals surface area contributed by atoms with E-state index in [0.29, 0.717) is 13.0 Å². The van der Waals surface area contributed by atoms with Crippen LogP contribution in [0.1, 0.15) is 72.1 Å². The highest BCUT2D eigenvalue weighted by Gasteiger charge is 2.49. The Morgan fingerprint density at radius 3 is 2.61 bits per heavy atom. The zero-order valence-electron chi connectivity index (χ0n) is 14.8. The topological polar surface area (TPSA) is 47.9 Å². The van der Waals surface area contributed by atoms with E-state index in [1.807, 2.05) is 13.8 Å². The van der Waals surface area contributed by atoms with Crippen molar-refractivity contribution < 1.29 is 19.3 Å². The Labute approximate surface area is 140 Å². The molecule has 4 heteroatoms. The Morgan fingerprint density at radius 1 is 1.09 bits per heavy atom. The first-order chi connectivity index (χ1) is 11.0. The van der Waals surface area contributed by atoms with Gasteiger partial charge in [0.25, 0.3) is 0 Å². The molecular formula is C19H32O4. The van der Waals surface area contributed by atoms with Crippen LogP contribution in [0, 0.1) is 11.8 Å². The molecule has 0 amide bonds. The third kappa shape index (κ3) is 5.76. The van der Waals surface area contributed by atoms with Crippen molar-refractivity contribution in [2.75, 3.05) is 6.61 Å². The summed E-state index contributed by atoms with van der Waals surface area (Å²) in [5.74, 6) is 5.72. The predicted octanol–water partition coefficient (Wildman–Crippen LogP) is 3.41. The highest BCUT2D eigenvalue weighted by atomic mass is 16.7. The average Bonchev–Trinajstić information content (AvgIpc) is 2.81. The van der Waals surface area contributed by atoms with Crippen LogP contribution in [0.3, 0.4) is 0 Å². The van der Waals surface area contributed by atoms with Gasteiger partial charge in [0.15, 0.2) is 5.79 Å². The van der Waals surface area contributed by atoms with E-state index < -0.39 is 11.9 Å². The van der Waals surface area contributed by atoms with Crippen LogP contribution in [-0.2, 0) is 14.2 Å². The summed E-state index contributed by atoms with van der Waals surface area (Å²) in [6, 6.07) is 0. The normalized spacial score (nSPS) is 32.2. The van der Waals surface area contributed by atoms with Gasteiger partial charge in [0, 0.05) is 12.8 Å².